The van der Waals surface area contributed by atoms with Crippen molar-refractivity contribution < 1.29 is 28.6 Å². The highest BCUT2D eigenvalue weighted by molar-refractivity contribution is 5.85. The Bertz CT molecular complexity index is 834. The van der Waals surface area contributed by atoms with E-state index in [4.69, 9.17) is 14.6 Å². The molecule has 0 atom stereocenters. The van der Waals surface area contributed by atoms with Crippen molar-refractivity contribution in [2.45, 2.75) is 25.7 Å². The molecule has 0 saturated heterocycles. The number of aliphatic carboxylic acids is 1. The van der Waals surface area contributed by atoms with E-state index in [9.17, 15) is 14.0 Å². The van der Waals surface area contributed by atoms with Crippen LogP contribution < -0.4 is 5.32 Å². The second kappa shape index (κ2) is 10.7. The lowest BCUT2D eigenvalue weighted by Gasteiger charge is -2.27. The molecule has 1 saturated carbocycles. The van der Waals surface area contributed by atoms with Gasteiger partial charge in [-0.1, -0.05) is 12.1 Å². The number of amides is 1. The van der Waals surface area contributed by atoms with Gasteiger partial charge in [0.05, 0.1) is 13.2 Å². The summed E-state index contributed by atoms with van der Waals surface area (Å²) in [5.41, 5.74) is 2.26. The summed E-state index contributed by atoms with van der Waals surface area (Å²) in [6.07, 6.45) is 4.69. The number of aromatic nitrogens is 1. The molecule has 0 unspecified atom stereocenters. The van der Waals surface area contributed by atoms with Crippen molar-refractivity contribution in [2.75, 3.05) is 25.1 Å². The van der Waals surface area contributed by atoms with Crippen LogP contribution in [0.1, 0.15) is 25.7 Å². The maximum absolute atomic E-state index is 12.9. The van der Waals surface area contributed by atoms with Crippen molar-refractivity contribution in [3.05, 3.63) is 48.5 Å². The van der Waals surface area contributed by atoms with E-state index >= 15 is 0 Å². The Morgan fingerprint density at radius 3 is 2.23 bits per heavy atom. The van der Waals surface area contributed by atoms with E-state index in [0.717, 1.165) is 36.8 Å². The largest absolute Gasteiger partial charge is 0.480 e. The summed E-state index contributed by atoms with van der Waals surface area (Å²) in [7, 11) is 0. The Kier molecular flexibility index (Phi) is 7.73. The van der Waals surface area contributed by atoms with E-state index in [1.807, 2.05) is 12.1 Å². The summed E-state index contributed by atoms with van der Waals surface area (Å²) in [6, 6.07) is 10.1. The molecule has 7 nitrogen and oxygen atoms in total. The molecule has 8 heteroatoms. The van der Waals surface area contributed by atoms with E-state index in [-0.39, 0.29) is 6.61 Å². The summed E-state index contributed by atoms with van der Waals surface area (Å²) in [6.45, 7) is 0.559. The number of hydrogen-bond donors (Lipinski definition) is 2. The Labute approximate surface area is 174 Å². The number of pyridine rings is 1. The molecule has 0 aliphatic heterocycles. The van der Waals surface area contributed by atoms with Gasteiger partial charge in [0.2, 0.25) is 5.95 Å². The first-order valence-electron chi connectivity index (χ1n) is 9.95. The molecule has 0 bridgehead atoms. The molecule has 2 N–H and O–H groups in total. The Morgan fingerprint density at radius 1 is 1.00 bits per heavy atom. The minimum Gasteiger partial charge on any atom is -0.480 e. The van der Waals surface area contributed by atoms with Crippen LogP contribution in [0.5, 0.6) is 0 Å². The van der Waals surface area contributed by atoms with Gasteiger partial charge in [-0.2, -0.15) is 4.39 Å². The summed E-state index contributed by atoms with van der Waals surface area (Å²) in [5, 5.41) is 11.3. The molecule has 1 aliphatic rings. The van der Waals surface area contributed by atoms with Crippen molar-refractivity contribution >= 4 is 17.7 Å². The summed E-state index contributed by atoms with van der Waals surface area (Å²) >= 11 is 0. The van der Waals surface area contributed by atoms with Crippen molar-refractivity contribution in [2.24, 2.45) is 11.8 Å². The molecule has 1 aromatic heterocycles. The maximum atomic E-state index is 12.9. The highest BCUT2D eigenvalue weighted by atomic mass is 19.1. The molecule has 3 rings (SSSR count). The lowest BCUT2D eigenvalue weighted by atomic mass is 9.83. The number of carboxylic acid groups (broad SMARTS) is 1. The van der Waals surface area contributed by atoms with E-state index < -0.39 is 18.0 Å². The van der Waals surface area contributed by atoms with Crippen molar-refractivity contribution in [3.63, 3.8) is 0 Å². The Morgan fingerprint density at radius 2 is 1.63 bits per heavy atom. The van der Waals surface area contributed by atoms with Gasteiger partial charge in [-0.25, -0.2) is 14.6 Å². The lowest BCUT2D eigenvalue weighted by Crippen LogP contribution is -2.25. The minimum atomic E-state index is -0.954. The second-order valence-corrected chi connectivity index (χ2v) is 7.47. The molecule has 0 radical (unpaired) electrons. The number of rotatable bonds is 8. The SMILES string of the molecule is O=C(O)COCC1CCC(COC(=O)Nc2ccc(-c3ccc(F)nc3)cc2)CC1. The van der Waals surface area contributed by atoms with Crippen LogP contribution in [0.4, 0.5) is 14.9 Å². The van der Waals surface area contributed by atoms with Crippen molar-refractivity contribution in [3.8, 4) is 11.1 Å². The summed E-state index contributed by atoms with van der Waals surface area (Å²) < 4.78 is 23.4. The Hall–Kier alpha value is -3.00. The molecule has 1 aliphatic carbocycles. The number of nitrogens with one attached hydrogen (secondary N) is 1. The highest BCUT2D eigenvalue weighted by Crippen LogP contribution is 2.29. The van der Waals surface area contributed by atoms with Gasteiger partial charge in [0.1, 0.15) is 6.61 Å². The van der Waals surface area contributed by atoms with E-state index in [1.54, 1.807) is 18.2 Å². The zero-order valence-electron chi connectivity index (χ0n) is 16.6. The number of hydrogen-bond acceptors (Lipinski definition) is 5. The number of carbonyl (C=O) groups is 2. The number of halogens is 1. The van der Waals surface area contributed by atoms with Crippen molar-refractivity contribution in [1.82, 2.24) is 4.98 Å². The number of benzene rings is 1. The second-order valence-electron chi connectivity index (χ2n) is 7.47. The van der Waals surface area contributed by atoms with Gasteiger partial charge in [-0.05, 0) is 67.3 Å². The summed E-state index contributed by atoms with van der Waals surface area (Å²) in [4.78, 5) is 26.2. The Balaban J connectivity index is 1.37. The van der Waals surface area contributed by atoms with Gasteiger partial charge < -0.3 is 14.6 Å². The molecule has 0 spiro atoms. The third-order valence-electron chi connectivity index (χ3n) is 5.19. The van der Waals surface area contributed by atoms with E-state index in [1.165, 1.54) is 12.3 Å². The topological polar surface area (TPSA) is 97.8 Å². The third-order valence-corrected chi connectivity index (χ3v) is 5.19. The third kappa shape index (κ3) is 6.81. The molecule has 1 fully saturated rings. The molecule has 1 aromatic carbocycles. The normalized spacial score (nSPS) is 18.6. The molecule has 160 valence electrons. The predicted octanol–water partition coefficient (Wildman–Crippen LogP) is 4.34. The van der Waals surface area contributed by atoms with Gasteiger partial charge in [0.15, 0.2) is 0 Å². The number of ether oxygens (including phenoxy) is 2. The zero-order valence-corrected chi connectivity index (χ0v) is 16.6. The first-order chi connectivity index (χ1) is 14.5. The van der Waals surface area contributed by atoms with Gasteiger partial charge >= 0.3 is 12.1 Å². The van der Waals surface area contributed by atoms with Gasteiger partial charge in [0.25, 0.3) is 0 Å². The number of nitrogens with zero attached hydrogens (tertiary/aromatic N) is 1. The van der Waals surface area contributed by atoms with Crippen LogP contribution in [0.25, 0.3) is 11.1 Å². The quantitative estimate of drug-likeness (QED) is 0.621. The van der Waals surface area contributed by atoms with Crippen LogP contribution in [0, 0.1) is 17.8 Å². The molecular formula is C22H25FN2O5. The fourth-order valence-electron chi connectivity index (χ4n) is 3.52. The summed E-state index contributed by atoms with van der Waals surface area (Å²) in [5.74, 6) is -0.811. The van der Waals surface area contributed by atoms with Crippen LogP contribution >= 0.6 is 0 Å². The number of anilines is 1. The first-order valence-corrected chi connectivity index (χ1v) is 9.95. The van der Waals surface area contributed by atoms with Gasteiger partial charge in [0, 0.05) is 17.4 Å². The molecular weight excluding hydrogens is 391 g/mol. The standard InChI is InChI=1S/C22H25FN2O5/c23-20-10-7-18(11-24-20)17-5-8-19(9-6-17)25-22(28)30-13-16-3-1-15(2-4-16)12-29-14-21(26)27/h5-11,15-16H,1-4,12-14H2,(H,25,28)(H,26,27). The van der Waals surface area contributed by atoms with Crippen LogP contribution in [0.2, 0.25) is 0 Å². The maximum Gasteiger partial charge on any atom is 0.411 e. The molecule has 1 amide bonds. The van der Waals surface area contributed by atoms with E-state index in [0.29, 0.717) is 30.7 Å². The lowest BCUT2D eigenvalue weighted by molar-refractivity contribution is -0.142. The molecule has 1 heterocycles. The number of carbonyl (C=O) groups excluding carboxylic acids is 1. The molecule has 2 aromatic rings. The smallest absolute Gasteiger partial charge is 0.411 e. The minimum absolute atomic E-state index is 0.259. The first kappa shape index (κ1) is 21.7. The van der Waals surface area contributed by atoms with Gasteiger partial charge in [-0.15, -0.1) is 0 Å². The van der Waals surface area contributed by atoms with Crippen molar-refractivity contribution in [1.29, 1.82) is 0 Å². The number of carboxylic acids is 1. The van der Waals surface area contributed by atoms with Crippen LogP contribution in [-0.4, -0.2) is 42.0 Å². The monoisotopic (exact) mass is 416 g/mol. The van der Waals surface area contributed by atoms with E-state index in [2.05, 4.69) is 10.3 Å². The predicted molar refractivity (Wildman–Crippen MR) is 109 cm³/mol. The average Bonchev–Trinajstić information content (AvgIpc) is 2.74. The fourth-order valence-corrected chi connectivity index (χ4v) is 3.52. The van der Waals surface area contributed by atoms with Crippen LogP contribution in [-0.2, 0) is 14.3 Å². The average molecular weight is 416 g/mol. The van der Waals surface area contributed by atoms with Crippen LogP contribution in [0.3, 0.4) is 0 Å². The van der Waals surface area contributed by atoms with Gasteiger partial charge in [-0.3, -0.25) is 5.32 Å². The highest BCUT2D eigenvalue weighted by Gasteiger charge is 2.22. The van der Waals surface area contributed by atoms with Crippen LogP contribution in [0.15, 0.2) is 42.6 Å². The fraction of sp³-hybridized carbons (Fsp3) is 0.409. The zero-order chi connectivity index (χ0) is 21.3. The molecule has 30 heavy (non-hydrogen) atoms.